The first kappa shape index (κ1) is 19.9. The van der Waals surface area contributed by atoms with E-state index in [1.54, 1.807) is 0 Å². The van der Waals surface area contributed by atoms with Crippen molar-refractivity contribution < 1.29 is 9.84 Å². The first-order valence-corrected chi connectivity index (χ1v) is 10.1. The average molecular weight is 373 g/mol. The molecule has 0 unspecified atom stereocenters. The third-order valence-electron chi connectivity index (χ3n) is 5.22. The van der Waals surface area contributed by atoms with Crippen molar-refractivity contribution in [3.63, 3.8) is 0 Å². The van der Waals surface area contributed by atoms with E-state index >= 15 is 0 Å². The van der Waals surface area contributed by atoms with Crippen molar-refractivity contribution in [2.45, 2.75) is 38.9 Å². The van der Waals surface area contributed by atoms with Crippen molar-refractivity contribution in [1.82, 2.24) is 19.6 Å². The van der Waals surface area contributed by atoms with Gasteiger partial charge in [0.05, 0.1) is 6.61 Å². The van der Waals surface area contributed by atoms with Gasteiger partial charge >= 0.3 is 0 Å². The Bertz CT molecular complexity index is 662. The number of ether oxygens (including phenoxy) is 1. The summed E-state index contributed by atoms with van der Waals surface area (Å²) >= 11 is 0. The lowest BCUT2D eigenvalue weighted by Crippen LogP contribution is -2.53. The molecule has 1 aromatic heterocycles. The van der Waals surface area contributed by atoms with Crippen molar-refractivity contribution >= 4 is 0 Å². The van der Waals surface area contributed by atoms with Gasteiger partial charge in [-0.3, -0.25) is 9.58 Å². The Kier molecular flexibility index (Phi) is 7.68. The summed E-state index contributed by atoms with van der Waals surface area (Å²) in [7, 11) is 0. The number of piperazine rings is 1. The number of aliphatic hydroxyl groups is 1. The van der Waals surface area contributed by atoms with Gasteiger partial charge in [0.2, 0.25) is 0 Å². The molecule has 1 aliphatic heterocycles. The molecule has 0 radical (unpaired) electrons. The molecule has 0 saturated carbocycles. The number of aliphatic hydroxyl groups excluding tert-OH is 1. The summed E-state index contributed by atoms with van der Waals surface area (Å²) in [6, 6.07) is 10.6. The number of aromatic nitrogens is 2. The first-order valence-electron chi connectivity index (χ1n) is 10.1. The minimum Gasteiger partial charge on any atom is -0.494 e. The van der Waals surface area contributed by atoms with E-state index in [1.807, 2.05) is 42.2 Å². The van der Waals surface area contributed by atoms with E-state index in [0.717, 1.165) is 57.9 Å². The van der Waals surface area contributed by atoms with E-state index < -0.39 is 0 Å². The van der Waals surface area contributed by atoms with E-state index in [1.165, 1.54) is 5.56 Å². The Hall–Kier alpha value is -1.89. The SMILES string of the molecule is CCOc1ccccc1CN1CCN(CCCn2cccn2)C[C@@H]1CCO. The van der Waals surface area contributed by atoms with Crippen LogP contribution in [0.25, 0.3) is 0 Å². The average Bonchev–Trinajstić information content (AvgIpc) is 3.19. The van der Waals surface area contributed by atoms with E-state index in [2.05, 4.69) is 27.0 Å². The van der Waals surface area contributed by atoms with Crippen molar-refractivity contribution in [2.24, 2.45) is 0 Å². The molecule has 1 fully saturated rings. The van der Waals surface area contributed by atoms with Gasteiger partial charge in [-0.2, -0.15) is 5.10 Å². The fourth-order valence-electron chi connectivity index (χ4n) is 3.83. The maximum atomic E-state index is 9.55. The maximum Gasteiger partial charge on any atom is 0.123 e. The molecule has 1 N–H and O–H groups in total. The van der Waals surface area contributed by atoms with Crippen molar-refractivity contribution in [3.8, 4) is 5.75 Å². The van der Waals surface area contributed by atoms with Gasteiger partial charge in [-0.25, -0.2) is 0 Å². The van der Waals surface area contributed by atoms with Crippen LogP contribution in [0.15, 0.2) is 42.7 Å². The number of aryl methyl sites for hydroxylation is 1. The van der Waals surface area contributed by atoms with E-state index in [9.17, 15) is 5.11 Å². The fraction of sp³-hybridized carbons (Fsp3) is 0.571. The van der Waals surface area contributed by atoms with E-state index in [-0.39, 0.29) is 6.61 Å². The number of para-hydroxylation sites is 1. The van der Waals surface area contributed by atoms with Gasteiger partial charge in [0, 0.05) is 69.9 Å². The number of hydrogen-bond donors (Lipinski definition) is 1. The van der Waals surface area contributed by atoms with Crippen LogP contribution < -0.4 is 4.74 Å². The molecule has 0 amide bonds. The van der Waals surface area contributed by atoms with E-state index in [0.29, 0.717) is 12.6 Å². The molecule has 6 nitrogen and oxygen atoms in total. The summed E-state index contributed by atoms with van der Waals surface area (Å²) in [6.45, 7) is 8.94. The smallest absolute Gasteiger partial charge is 0.123 e. The summed E-state index contributed by atoms with van der Waals surface area (Å²) in [5, 5.41) is 13.8. The van der Waals surface area contributed by atoms with Crippen LogP contribution in [0.2, 0.25) is 0 Å². The van der Waals surface area contributed by atoms with Crippen LogP contribution in [0.5, 0.6) is 5.75 Å². The van der Waals surface area contributed by atoms with Gasteiger partial charge in [-0.15, -0.1) is 0 Å². The molecule has 1 aliphatic rings. The second-order valence-corrected chi connectivity index (χ2v) is 7.10. The molecular formula is C21H32N4O2. The van der Waals surface area contributed by atoms with Crippen molar-refractivity contribution in [2.75, 3.05) is 39.4 Å². The van der Waals surface area contributed by atoms with Crippen molar-refractivity contribution in [1.29, 1.82) is 0 Å². The molecule has 2 heterocycles. The Morgan fingerprint density at radius 3 is 2.85 bits per heavy atom. The lowest BCUT2D eigenvalue weighted by Gasteiger charge is -2.41. The highest BCUT2D eigenvalue weighted by Crippen LogP contribution is 2.23. The Morgan fingerprint density at radius 2 is 2.07 bits per heavy atom. The van der Waals surface area contributed by atoms with Crippen LogP contribution in [0.3, 0.4) is 0 Å². The zero-order chi connectivity index (χ0) is 18.9. The normalized spacial score (nSPS) is 18.7. The summed E-state index contributed by atoms with van der Waals surface area (Å²) in [6.07, 6.45) is 5.76. The van der Waals surface area contributed by atoms with Gasteiger partial charge in [-0.05, 0) is 31.9 Å². The molecule has 1 aromatic carbocycles. The van der Waals surface area contributed by atoms with Gasteiger partial charge in [0.1, 0.15) is 5.75 Å². The molecule has 6 heteroatoms. The Morgan fingerprint density at radius 1 is 1.19 bits per heavy atom. The van der Waals surface area contributed by atoms with E-state index in [4.69, 9.17) is 4.74 Å². The van der Waals surface area contributed by atoms with Crippen molar-refractivity contribution in [3.05, 3.63) is 48.3 Å². The van der Waals surface area contributed by atoms with Crippen LogP contribution >= 0.6 is 0 Å². The Balaban J connectivity index is 1.54. The molecule has 27 heavy (non-hydrogen) atoms. The molecule has 0 bridgehead atoms. The van der Waals surface area contributed by atoms with Crippen LogP contribution in [-0.2, 0) is 13.1 Å². The highest BCUT2D eigenvalue weighted by atomic mass is 16.5. The number of nitrogens with zero attached hydrogens (tertiary/aromatic N) is 4. The summed E-state index contributed by atoms with van der Waals surface area (Å²) in [5.41, 5.74) is 1.23. The monoisotopic (exact) mass is 372 g/mol. The molecule has 1 saturated heterocycles. The lowest BCUT2D eigenvalue weighted by molar-refractivity contribution is 0.0520. The predicted octanol–water partition coefficient (Wildman–Crippen LogP) is 2.24. The third-order valence-corrected chi connectivity index (χ3v) is 5.22. The minimum atomic E-state index is 0.232. The molecule has 1 atom stereocenters. The second-order valence-electron chi connectivity index (χ2n) is 7.10. The van der Waals surface area contributed by atoms with Crippen LogP contribution in [-0.4, -0.2) is 70.1 Å². The number of benzene rings is 1. The van der Waals surface area contributed by atoms with Gasteiger partial charge in [-0.1, -0.05) is 18.2 Å². The summed E-state index contributed by atoms with van der Waals surface area (Å²) in [4.78, 5) is 5.02. The van der Waals surface area contributed by atoms with Crippen LogP contribution in [0.1, 0.15) is 25.3 Å². The van der Waals surface area contributed by atoms with Crippen LogP contribution in [0.4, 0.5) is 0 Å². The molecular weight excluding hydrogens is 340 g/mol. The maximum absolute atomic E-state index is 9.55. The lowest BCUT2D eigenvalue weighted by atomic mass is 10.1. The predicted molar refractivity (Wildman–Crippen MR) is 107 cm³/mol. The molecule has 148 valence electrons. The summed E-state index contributed by atoms with van der Waals surface area (Å²) in [5.74, 6) is 0.976. The summed E-state index contributed by atoms with van der Waals surface area (Å²) < 4.78 is 7.78. The quantitative estimate of drug-likeness (QED) is 0.693. The van der Waals surface area contributed by atoms with Gasteiger partial charge in [0.15, 0.2) is 0 Å². The molecule has 0 spiro atoms. The standard InChI is InChI=1S/C21H32N4O2/c1-2-27-21-8-4-3-7-19(21)17-24-15-14-23(18-20(24)9-16-26)11-6-13-25-12-5-10-22-25/h3-5,7-8,10,12,20,26H,2,6,9,11,13-18H2,1H3/t20-/m0/s1. The largest absolute Gasteiger partial charge is 0.494 e. The fourth-order valence-corrected chi connectivity index (χ4v) is 3.83. The molecule has 0 aliphatic carbocycles. The Labute approximate surface area is 162 Å². The van der Waals surface area contributed by atoms with Gasteiger partial charge in [0.25, 0.3) is 0 Å². The van der Waals surface area contributed by atoms with Gasteiger partial charge < -0.3 is 14.7 Å². The topological polar surface area (TPSA) is 53.8 Å². The molecule has 3 rings (SSSR count). The zero-order valence-electron chi connectivity index (χ0n) is 16.3. The zero-order valence-corrected chi connectivity index (χ0v) is 16.3. The minimum absolute atomic E-state index is 0.232. The molecule has 2 aromatic rings. The third kappa shape index (κ3) is 5.79. The first-order chi connectivity index (χ1) is 13.3. The second kappa shape index (κ2) is 10.4. The highest BCUT2D eigenvalue weighted by Gasteiger charge is 2.27. The number of hydrogen-bond acceptors (Lipinski definition) is 5. The number of rotatable bonds is 10. The van der Waals surface area contributed by atoms with Crippen LogP contribution in [0, 0.1) is 0 Å². The highest BCUT2D eigenvalue weighted by molar-refractivity contribution is 5.33.